The molecule has 0 aromatic carbocycles. The maximum Gasteiger partial charge on any atom is 0.309 e. The Balaban J connectivity index is 1.88. The zero-order valence-electron chi connectivity index (χ0n) is 8.68. The minimum Gasteiger partial charge on any atom is -0.481 e. The molecule has 1 aliphatic heterocycles. The van der Waals surface area contributed by atoms with Gasteiger partial charge in [-0.25, -0.2) is 9.99 Å². The minimum atomic E-state index is -0.858. The van der Waals surface area contributed by atoms with E-state index in [4.69, 9.17) is 9.84 Å². The summed E-state index contributed by atoms with van der Waals surface area (Å²) >= 11 is 1.42. The predicted molar refractivity (Wildman–Crippen MR) is 59.5 cm³/mol. The maximum atomic E-state index is 10.5. The van der Waals surface area contributed by atoms with E-state index in [1.54, 1.807) is 5.38 Å². The Kier molecular flexibility index (Phi) is 3.70. The first-order valence-electron chi connectivity index (χ1n) is 4.99. The van der Waals surface area contributed by atoms with Gasteiger partial charge in [0.1, 0.15) is 0 Å². The third kappa shape index (κ3) is 3.16. The quantitative estimate of drug-likeness (QED) is 0.798. The lowest BCUT2D eigenvalue weighted by molar-refractivity contribution is -0.136. The summed E-state index contributed by atoms with van der Waals surface area (Å²) in [4.78, 5) is 14.7. The number of aromatic nitrogens is 1. The largest absolute Gasteiger partial charge is 0.481 e. The van der Waals surface area contributed by atoms with Gasteiger partial charge in [-0.1, -0.05) is 0 Å². The van der Waals surface area contributed by atoms with E-state index >= 15 is 0 Å². The molecule has 0 radical (unpaired) electrons. The standard InChI is InChI=1S/C9H13N3O3S/c13-8(14)5-7-6-16-9(10-7)11-12-1-3-15-4-2-12/h6H,1-5H2,(H,10,11)(H,13,14). The fourth-order valence-corrected chi connectivity index (χ4v) is 2.14. The van der Waals surface area contributed by atoms with Crippen molar-refractivity contribution in [2.24, 2.45) is 0 Å². The van der Waals surface area contributed by atoms with E-state index < -0.39 is 5.97 Å². The van der Waals surface area contributed by atoms with Gasteiger partial charge in [-0.2, -0.15) is 0 Å². The zero-order valence-corrected chi connectivity index (χ0v) is 9.50. The lowest BCUT2D eigenvalue weighted by Crippen LogP contribution is -2.40. The van der Waals surface area contributed by atoms with Crippen molar-refractivity contribution in [3.63, 3.8) is 0 Å². The number of ether oxygens (including phenoxy) is 1. The van der Waals surface area contributed by atoms with E-state index in [1.807, 2.05) is 5.01 Å². The molecule has 2 N–H and O–H groups in total. The number of carboxylic acid groups (broad SMARTS) is 1. The first-order chi connectivity index (χ1) is 7.74. The molecule has 6 nitrogen and oxygen atoms in total. The molecule has 0 aliphatic carbocycles. The second kappa shape index (κ2) is 5.24. The molecule has 1 aromatic rings. The Bertz CT molecular complexity index is 363. The summed E-state index contributed by atoms with van der Waals surface area (Å²) in [5.74, 6) is -0.858. The van der Waals surface area contributed by atoms with Crippen molar-refractivity contribution in [1.29, 1.82) is 0 Å². The first-order valence-corrected chi connectivity index (χ1v) is 5.87. The van der Waals surface area contributed by atoms with Crippen LogP contribution in [-0.4, -0.2) is 47.4 Å². The smallest absolute Gasteiger partial charge is 0.309 e. The topological polar surface area (TPSA) is 74.7 Å². The van der Waals surface area contributed by atoms with E-state index in [9.17, 15) is 4.79 Å². The number of aliphatic carboxylic acids is 1. The Morgan fingerprint density at radius 1 is 1.62 bits per heavy atom. The Labute approximate surface area is 96.8 Å². The molecule has 88 valence electrons. The summed E-state index contributed by atoms with van der Waals surface area (Å²) in [6.07, 6.45) is -0.0265. The number of carbonyl (C=O) groups is 1. The van der Waals surface area contributed by atoms with Crippen molar-refractivity contribution in [3.8, 4) is 0 Å². The van der Waals surface area contributed by atoms with Crippen LogP contribution in [0, 0.1) is 0 Å². The van der Waals surface area contributed by atoms with Crippen molar-refractivity contribution in [3.05, 3.63) is 11.1 Å². The van der Waals surface area contributed by atoms with Gasteiger partial charge in [0.2, 0.25) is 0 Å². The zero-order chi connectivity index (χ0) is 11.4. The summed E-state index contributed by atoms with van der Waals surface area (Å²) in [5.41, 5.74) is 3.73. The molecule has 0 atom stereocenters. The number of nitrogens with zero attached hydrogens (tertiary/aromatic N) is 2. The third-order valence-electron chi connectivity index (χ3n) is 2.15. The van der Waals surface area contributed by atoms with Gasteiger partial charge in [0, 0.05) is 18.5 Å². The van der Waals surface area contributed by atoms with Crippen molar-refractivity contribution in [1.82, 2.24) is 9.99 Å². The van der Waals surface area contributed by atoms with Crippen LogP contribution in [-0.2, 0) is 16.0 Å². The molecule has 0 saturated carbocycles. The van der Waals surface area contributed by atoms with Gasteiger partial charge in [-0.05, 0) is 0 Å². The number of rotatable bonds is 4. The van der Waals surface area contributed by atoms with Gasteiger partial charge < -0.3 is 9.84 Å². The van der Waals surface area contributed by atoms with Gasteiger partial charge in [0.15, 0.2) is 5.13 Å². The molecule has 0 spiro atoms. The van der Waals surface area contributed by atoms with Gasteiger partial charge >= 0.3 is 5.97 Å². The molecule has 0 bridgehead atoms. The molecular formula is C9H13N3O3S. The Morgan fingerprint density at radius 3 is 3.06 bits per heavy atom. The lowest BCUT2D eigenvalue weighted by atomic mass is 10.3. The fourth-order valence-electron chi connectivity index (χ4n) is 1.40. The van der Waals surface area contributed by atoms with E-state index in [2.05, 4.69) is 10.4 Å². The number of hydrogen-bond donors (Lipinski definition) is 2. The van der Waals surface area contributed by atoms with Crippen LogP contribution in [0.1, 0.15) is 5.69 Å². The van der Waals surface area contributed by atoms with Crippen molar-refractivity contribution >= 4 is 22.4 Å². The Hall–Kier alpha value is -1.18. The molecule has 2 rings (SSSR count). The van der Waals surface area contributed by atoms with E-state index in [0.717, 1.165) is 18.2 Å². The van der Waals surface area contributed by atoms with Gasteiger partial charge in [0.05, 0.1) is 25.3 Å². The number of hydrogen-bond acceptors (Lipinski definition) is 6. The number of morpholine rings is 1. The van der Waals surface area contributed by atoms with Gasteiger partial charge in [-0.3, -0.25) is 10.2 Å². The molecule has 16 heavy (non-hydrogen) atoms. The first kappa shape index (κ1) is 11.3. The molecule has 1 aromatic heterocycles. The van der Waals surface area contributed by atoms with Crippen LogP contribution in [0.15, 0.2) is 5.38 Å². The molecule has 2 heterocycles. The monoisotopic (exact) mass is 243 g/mol. The number of thiazole rings is 1. The molecule has 0 unspecified atom stereocenters. The van der Waals surface area contributed by atoms with Crippen LogP contribution in [0.3, 0.4) is 0 Å². The lowest BCUT2D eigenvalue weighted by Gasteiger charge is -2.26. The summed E-state index contributed by atoms with van der Waals surface area (Å²) in [5, 5.41) is 13.1. The molecule has 1 aliphatic rings. The summed E-state index contributed by atoms with van der Waals surface area (Å²) in [6, 6.07) is 0. The van der Waals surface area contributed by atoms with Crippen LogP contribution >= 0.6 is 11.3 Å². The van der Waals surface area contributed by atoms with E-state index in [0.29, 0.717) is 18.9 Å². The van der Waals surface area contributed by atoms with Crippen LogP contribution in [0.4, 0.5) is 5.13 Å². The predicted octanol–water partition coefficient (Wildman–Crippen LogP) is 0.429. The highest BCUT2D eigenvalue weighted by molar-refractivity contribution is 7.13. The molecular weight excluding hydrogens is 230 g/mol. The van der Waals surface area contributed by atoms with Crippen LogP contribution in [0.25, 0.3) is 0 Å². The second-order valence-corrected chi connectivity index (χ2v) is 4.28. The average Bonchev–Trinajstić information content (AvgIpc) is 2.66. The molecule has 7 heteroatoms. The van der Waals surface area contributed by atoms with Gasteiger partial charge in [-0.15, -0.1) is 11.3 Å². The number of hydrazine groups is 1. The molecule has 0 amide bonds. The van der Waals surface area contributed by atoms with Crippen LogP contribution in [0.5, 0.6) is 0 Å². The van der Waals surface area contributed by atoms with Crippen molar-refractivity contribution < 1.29 is 14.6 Å². The molecule has 1 saturated heterocycles. The van der Waals surface area contributed by atoms with Crippen LogP contribution in [0.2, 0.25) is 0 Å². The highest BCUT2D eigenvalue weighted by Crippen LogP contribution is 2.16. The fraction of sp³-hybridized carbons (Fsp3) is 0.556. The number of anilines is 1. The minimum absolute atomic E-state index is 0.0265. The van der Waals surface area contributed by atoms with Crippen molar-refractivity contribution in [2.75, 3.05) is 31.7 Å². The number of carboxylic acids is 1. The average molecular weight is 243 g/mol. The SMILES string of the molecule is O=C(O)Cc1csc(NN2CCOCC2)n1. The van der Waals surface area contributed by atoms with Crippen molar-refractivity contribution in [2.45, 2.75) is 6.42 Å². The van der Waals surface area contributed by atoms with E-state index in [1.165, 1.54) is 11.3 Å². The van der Waals surface area contributed by atoms with E-state index in [-0.39, 0.29) is 6.42 Å². The highest BCUT2D eigenvalue weighted by atomic mass is 32.1. The van der Waals surface area contributed by atoms with Crippen LogP contribution < -0.4 is 5.43 Å². The summed E-state index contributed by atoms with van der Waals surface area (Å²) in [6.45, 7) is 3.04. The maximum absolute atomic E-state index is 10.5. The Morgan fingerprint density at radius 2 is 2.38 bits per heavy atom. The summed E-state index contributed by atoms with van der Waals surface area (Å²) in [7, 11) is 0. The second-order valence-electron chi connectivity index (χ2n) is 3.43. The summed E-state index contributed by atoms with van der Waals surface area (Å²) < 4.78 is 5.22. The normalized spacial score (nSPS) is 17.2. The van der Waals surface area contributed by atoms with Gasteiger partial charge in [0.25, 0.3) is 0 Å². The molecule has 1 fully saturated rings. The third-order valence-corrected chi connectivity index (χ3v) is 2.94. The highest BCUT2D eigenvalue weighted by Gasteiger charge is 2.12. The number of nitrogens with one attached hydrogen (secondary N) is 1.